The van der Waals surface area contributed by atoms with Crippen LogP contribution in [-0.2, 0) is 16.0 Å². The molecule has 0 saturated carbocycles. The Morgan fingerprint density at radius 1 is 0.963 bits per heavy atom. The summed E-state index contributed by atoms with van der Waals surface area (Å²) in [4.78, 5) is 36.2. The molecule has 27 heavy (non-hydrogen) atoms. The third-order valence-corrected chi connectivity index (χ3v) is 4.00. The molecule has 0 aliphatic carbocycles. The molecule has 0 radical (unpaired) electrons. The minimum atomic E-state index is -0.837. The summed E-state index contributed by atoms with van der Waals surface area (Å²) in [6.07, 6.45) is 0.797. The smallest absolute Gasteiger partial charge is 0.321 e. The zero-order valence-corrected chi connectivity index (χ0v) is 15.4. The molecule has 0 aliphatic rings. The van der Waals surface area contributed by atoms with Gasteiger partial charge >= 0.3 is 6.03 Å². The van der Waals surface area contributed by atoms with Crippen LogP contribution in [0.4, 0.5) is 10.5 Å². The number of para-hydroxylation sites is 1. The van der Waals surface area contributed by atoms with Crippen molar-refractivity contribution in [3.63, 3.8) is 0 Å². The second-order valence-corrected chi connectivity index (χ2v) is 5.85. The highest BCUT2D eigenvalue weighted by Gasteiger charge is 2.22. The van der Waals surface area contributed by atoms with Gasteiger partial charge in [0.2, 0.25) is 11.8 Å². The Morgan fingerprint density at radius 2 is 1.63 bits per heavy atom. The number of anilines is 1. The molecule has 4 N–H and O–H groups in total. The molecular weight excluding hydrogens is 344 g/mol. The fraction of sp³-hybridized carbons (Fsp3) is 0.250. The van der Waals surface area contributed by atoms with E-state index < -0.39 is 18.0 Å². The van der Waals surface area contributed by atoms with E-state index in [9.17, 15) is 14.4 Å². The van der Waals surface area contributed by atoms with Crippen molar-refractivity contribution in [1.82, 2.24) is 16.0 Å². The minimum Gasteiger partial charge on any atom is -0.341 e. The molecule has 0 saturated heterocycles. The molecule has 7 nitrogen and oxygen atoms in total. The van der Waals surface area contributed by atoms with E-state index in [1.807, 2.05) is 37.3 Å². The van der Waals surface area contributed by atoms with Crippen molar-refractivity contribution in [2.45, 2.75) is 19.4 Å². The van der Waals surface area contributed by atoms with Gasteiger partial charge in [0.15, 0.2) is 0 Å². The van der Waals surface area contributed by atoms with Gasteiger partial charge < -0.3 is 10.6 Å². The van der Waals surface area contributed by atoms with Gasteiger partial charge in [0.1, 0.15) is 6.04 Å². The van der Waals surface area contributed by atoms with Gasteiger partial charge in [-0.3, -0.25) is 20.2 Å². The first-order valence-corrected chi connectivity index (χ1v) is 8.73. The number of imide groups is 1. The van der Waals surface area contributed by atoms with E-state index >= 15 is 0 Å². The van der Waals surface area contributed by atoms with Crippen LogP contribution >= 0.6 is 0 Å². The highest BCUT2D eigenvalue weighted by molar-refractivity contribution is 5.98. The monoisotopic (exact) mass is 368 g/mol. The molecule has 0 fully saturated rings. The summed E-state index contributed by atoms with van der Waals surface area (Å²) < 4.78 is 0. The van der Waals surface area contributed by atoms with Crippen LogP contribution in [0.3, 0.4) is 0 Å². The average molecular weight is 368 g/mol. The standard InChI is InChI=1S/C20H24N4O3/c1-3-14-9-7-8-12-16(14)23-17(25)13-22-18(15-10-5-4-6-11-15)19(26)24-20(27)21-2/h4-12,18,22H,3,13H2,1-2H3,(H,23,25)(H2,21,24,26,27)/t18-/m1/s1. The fourth-order valence-electron chi connectivity index (χ4n) is 2.59. The Balaban J connectivity index is 2.05. The van der Waals surface area contributed by atoms with E-state index in [2.05, 4.69) is 21.3 Å². The molecule has 0 unspecified atom stereocenters. The highest BCUT2D eigenvalue weighted by atomic mass is 16.2. The number of hydrogen-bond acceptors (Lipinski definition) is 4. The molecule has 1 atom stereocenters. The van der Waals surface area contributed by atoms with Crippen LogP contribution in [0.1, 0.15) is 24.1 Å². The first-order chi connectivity index (χ1) is 13.0. The maximum Gasteiger partial charge on any atom is 0.321 e. The number of nitrogens with one attached hydrogen (secondary N) is 4. The summed E-state index contributed by atoms with van der Waals surface area (Å²) in [5, 5.41) is 10.3. The van der Waals surface area contributed by atoms with Crippen molar-refractivity contribution >= 4 is 23.5 Å². The number of carbonyl (C=O) groups excluding carboxylic acids is 3. The second-order valence-electron chi connectivity index (χ2n) is 5.85. The summed E-state index contributed by atoms with van der Waals surface area (Å²) in [5.74, 6) is -0.813. The third kappa shape index (κ3) is 5.93. The van der Waals surface area contributed by atoms with Gasteiger partial charge in [0.25, 0.3) is 0 Å². The van der Waals surface area contributed by atoms with E-state index in [1.165, 1.54) is 7.05 Å². The molecule has 2 aromatic rings. The van der Waals surface area contributed by atoms with Crippen LogP contribution in [0, 0.1) is 0 Å². The highest BCUT2D eigenvalue weighted by Crippen LogP contribution is 2.16. The van der Waals surface area contributed by atoms with E-state index in [0.717, 1.165) is 17.7 Å². The van der Waals surface area contributed by atoms with Gasteiger partial charge in [-0.1, -0.05) is 55.5 Å². The molecule has 4 amide bonds. The maximum atomic E-state index is 12.4. The summed E-state index contributed by atoms with van der Waals surface area (Å²) in [6, 6.07) is 15.0. The van der Waals surface area contributed by atoms with Gasteiger partial charge in [-0.15, -0.1) is 0 Å². The molecule has 142 valence electrons. The lowest BCUT2D eigenvalue weighted by molar-refractivity contribution is -0.122. The van der Waals surface area contributed by atoms with Crippen molar-refractivity contribution in [3.8, 4) is 0 Å². The Kier molecular flexibility index (Phi) is 7.51. The van der Waals surface area contributed by atoms with Crippen molar-refractivity contribution in [3.05, 3.63) is 65.7 Å². The van der Waals surface area contributed by atoms with Gasteiger partial charge in [-0.25, -0.2) is 4.79 Å². The van der Waals surface area contributed by atoms with Crippen molar-refractivity contribution < 1.29 is 14.4 Å². The molecule has 0 heterocycles. The van der Waals surface area contributed by atoms with Crippen molar-refractivity contribution in [2.24, 2.45) is 0 Å². The van der Waals surface area contributed by atoms with Crippen LogP contribution in [-0.4, -0.2) is 31.4 Å². The molecule has 0 bridgehead atoms. The van der Waals surface area contributed by atoms with Gasteiger partial charge in [0.05, 0.1) is 6.54 Å². The van der Waals surface area contributed by atoms with Gasteiger partial charge in [-0.2, -0.15) is 0 Å². The Morgan fingerprint density at radius 3 is 2.30 bits per heavy atom. The lowest BCUT2D eigenvalue weighted by Gasteiger charge is -2.18. The summed E-state index contributed by atoms with van der Waals surface area (Å²) >= 11 is 0. The normalized spacial score (nSPS) is 11.3. The predicted octanol–water partition coefficient (Wildman–Crippen LogP) is 1.97. The van der Waals surface area contributed by atoms with Gasteiger partial charge in [-0.05, 0) is 23.6 Å². The van der Waals surface area contributed by atoms with E-state index in [4.69, 9.17) is 0 Å². The number of urea groups is 1. The first kappa shape index (κ1) is 20.1. The topological polar surface area (TPSA) is 99.3 Å². The number of aryl methyl sites for hydroxylation is 1. The zero-order chi connectivity index (χ0) is 19.6. The van der Waals surface area contributed by atoms with Crippen LogP contribution in [0.5, 0.6) is 0 Å². The summed E-state index contributed by atoms with van der Waals surface area (Å²) in [6.45, 7) is 1.93. The lowest BCUT2D eigenvalue weighted by atomic mass is 10.1. The second kappa shape index (κ2) is 10.1. The summed E-state index contributed by atoms with van der Waals surface area (Å²) in [7, 11) is 1.42. The van der Waals surface area contributed by atoms with E-state index in [0.29, 0.717) is 5.56 Å². The number of carbonyl (C=O) groups is 3. The van der Waals surface area contributed by atoms with E-state index in [-0.39, 0.29) is 12.5 Å². The Hall–Kier alpha value is -3.19. The van der Waals surface area contributed by atoms with Gasteiger partial charge in [0, 0.05) is 12.7 Å². The fourth-order valence-corrected chi connectivity index (χ4v) is 2.59. The molecule has 0 spiro atoms. The largest absolute Gasteiger partial charge is 0.341 e. The molecule has 0 aliphatic heterocycles. The number of hydrogen-bond donors (Lipinski definition) is 4. The van der Waals surface area contributed by atoms with E-state index in [1.54, 1.807) is 24.3 Å². The molecule has 2 aromatic carbocycles. The summed E-state index contributed by atoms with van der Waals surface area (Å²) in [5.41, 5.74) is 2.43. The van der Waals surface area contributed by atoms with Crippen LogP contribution in [0.2, 0.25) is 0 Å². The minimum absolute atomic E-state index is 0.0846. The molecular formula is C20H24N4O3. The maximum absolute atomic E-state index is 12.4. The molecule has 2 rings (SSSR count). The Bertz CT molecular complexity index is 793. The van der Waals surface area contributed by atoms with Crippen LogP contribution in [0.25, 0.3) is 0 Å². The van der Waals surface area contributed by atoms with Crippen LogP contribution < -0.4 is 21.3 Å². The third-order valence-electron chi connectivity index (χ3n) is 4.00. The quantitative estimate of drug-likeness (QED) is 0.600. The zero-order valence-electron chi connectivity index (χ0n) is 15.4. The number of rotatable bonds is 7. The van der Waals surface area contributed by atoms with Crippen molar-refractivity contribution in [1.29, 1.82) is 0 Å². The van der Waals surface area contributed by atoms with Crippen molar-refractivity contribution in [2.75, 3.05) is 18.9 Å². The molecule has 0 aromatic heterocycles. The Labute approximate surface area is 158 Å². The first-order valence-electron chi connectivity index (χ1n) is 8.73. The number of benzene rings is 2. The lowest BCUT2D eigenvalue weighted by Crippen LogP contribution is -2.45. The number of amides is 4. The average Bonchev–Trinajstić information content (AvgIpc) is 2.69. The SMILES string of the molecule is CCc1ccccc1NC(=O)CN[C@@H](C(=O)NC(=O)NC)c1ccccc1. The predicted molar refractivity (Wildman–Crippen MR) is 104 cm³/mol. The van der Waals surface area contributed by atoms with Crippen LogP contribution in [0.15, 0.2) is 54.6 Å². The molecule has 7 heteroatoms.